The van der Waals surface area contributed by atoms with Gasteiger partial charge in [-0.3, -0.25) is 9.97 Å². The third kappa shape index (κ3) is 4.45. The molecule has 0 saturated carbocycles. The predicted octanol–water partition coefficient (Wildman–Crippen LogP) is 4.80. The van der Waals surface area contributed by atoms with Crippen LogP contribution < -0.4 is 4.74 Å². The zero-order valence-electron chi connectivity index (χ0n) is 17.3. The fourth-order valence-corrected chi connectivity index (χ4v) is 3.26. The predicted molar refractivity (Wildman–Crippen MR) is 112 cm³/mol. The van der Waals surface area contributed by atoms with Gasteiger partial charge in [0.1, 0.15) is 12.4 Å². The number of carbonyl (C=O) groups excluding carboxylic acids is 1. The lowest BCUT2D eigenvalue weighted by atomic mass is 9.70. The second-order valence-corrected chi connectivity index (χ2v) is 7.41. The van der Waals surface area contributed by atoms with Crippen LogP contribution in [0.4, 0.5) is 0 Å². The van der Waals surface area contributed by atoms with E-state index in [1.165, 1.54) is 7.11 Å². The van der Waals surface area contributed by atoms with E-state index in [1.807, 2.05) is 42.5 Å². The molecule has 2 aromatic heterocycles. The average molecular weight is 390 g/mol. The van der Waals surface area contributed by atoms with Crippen LogP contribution in [-0.2, 0) is 16.8 Å². The van der Waals surface area contributed by atoms with Gasteiger partial charge in [-0.25, -0.2) is 4.79 Å². The van der Waals surface area contributed by atoms with Crippen LogP contribution in [-0.4, -0.2) is 23.0 Å². The smallest absolute Gasteiger partial charge is 0.337 e. The first kappa shape index (κ1) is 20.5. The van der Waals surface area contributed by atoms with Crippen molar-refractivity contribution in [3.05, 3.63) is 89.5 Å². The van der Waals surface area contributed by atoms with Crippen LogP contribution in [0.15, 0.2) is 67.0 Å². The summed E-state index contributed by atoms with van der Waals surface area (Å²) in [6, 6.07) is 17.2. The third-order valence-corrected chi connectivity index (χ3v) is 5.44. The number of hydrogen-bond acceptors (Lipinski definition) is 5. The van der Waals surface area contributed by atoms with Gasteiger partial charge in [0.25, 0.3) is 0 Å². The molecule has 2 heterocycles. The van der Waals surface area contributed by atoms with E-state index in [4.69, 9.17) is 14.5 Å². The molecule has 29 heavy (non-hydrogen) atoms. The molecule has 0 aliphatic carbocycles. The number of ether oxygens (including phenoxy) is 2. The van der Waals surface area contributed by atoms with E-state index in [0.29, 0.717) is 23.8 Å². The van der Waals surface area contributed by atoms with Crippen molar-refractivity contribution in [3.8, 4) is 5.75 Å². The molecule has 3 rings (SSSR count). The number of methoxy groups -OCH3 is 1. The fourth-order valence-electron chi connectivity index (χ4n) is 3.26. The molecule has 0 bridgehead atoms. The number of aromatic nitrogens is 2. The minimum absolute atomic E-state index is 0.291. The largest absolute Gasteiger partial charge is 0.486 e. The highest BCUT2D eigenvalue weighted by Gasteiger charge is 2.34. The van der Waals surface area contributed by atoms with Gasteiger partial charge in [0, 0.05) is 11.6 Å². The second-order valence-electron chi connectivity index (χ2n) is 7.41. The minimum atomic E-state index is -0.338. The number of nitrogens with zero attached hydrogens (tertiary/aromatic N) is 2. The Morgan fingerprint density at radius 2 is 1.79 bits per heavy atom. The summed E-state index contributed by atoms with van der Waals surface area (Å²) >= 11 is 0. The second kappa shape index (κ2) is 8.86. The van der Waals surface area contributed by atoms with Gasteiger partial charge in [-0.15, -0.1) is 0 Å². The van der Waals surface area contributed by atoms with E-state index in [-0.39, 0.29) is 11.4 Å². The molecule has 0 spiro atoms. The van der Waals surface area contributed by atoms with Gasteiger partial charge in [-0.1, -0.05) is 32.0 Å². The molecule has 5 nitrogen and oxygen atoms in total. The molecule has 0 N–H and O–H groups in total. The Labute approximate surface area is 171 Å². The van der Waals surface area contributed by atoms with Gasteiger partial charge >= 0.3 is 5.97 Å². The average Bonchev–Trinajstić information content (AvgIpc) is 2.77. The highest BCUT2D eigenvalue weighted by Crippen LogP contribution is 2.38. The highest BCUT2D eigenvalue weighted by molar-refractivity contribution is 5.89. The van der Waals surface area contributed by atoms with E-state index in [1.54, 1.807) is 24.5 Å². The topological polar surface area (TPSA) is 61.3 Å². The quantitative estimate of drug-likeness (QED) is 0.542. The first-order valence-electron chi connectivity index (χ1n) is 9.63. The van der Waals surface area contributed by atoms with E-state index >= 15 is 0 Å². The summed E-state index contributed by atoms with van der Waals surface area (Å²) in [5.74, 6) is 0.654. The Balaban J connectivity index is 1.82. The van der Waals surface area contributed by atoms with E-state index in [9.17, 15) is 4.79 Å². The summed E-state index contributed by atoms with van der Waals surface area (Å²) < 4.78 is 10.6. The Bertz CT molecular complexity index is 938. The molecule has 0 radical (unpaired) electrons. The zero-order valence-corrected chi connectivity index (χ0v) is 17.3. The standard InChI is InChI=1S/C24H26N2O3/c1-17(2)24(3,19-10-8-18(9-11-19)23(27)28-4)22-13-12-21(15-26-22)29-16-20-7-5-6-14-25-20/h5-15,17H,16H2,1-4H3. The SMILES string of the molecule is COC(=O)c1ccc(C(C)(c2ccc(OCc3ccccn3)cn2)C(C)C)cc1. The monoisotopic (exact) mass is 390 g/mol. The number of benzene rings is 1. The Morgan fingerprint density at radius 1 is 1.03 bits per heavy atom. The minimum Gasteiger partial charge on any atom is -0.486 e. The van der Waals surface area contributed by atoms with Crippen molar-refractivity contribution in [3.63, 3.8) is 0 Å². The van der Waals surface area contributed by atoms with E-state index < -0.39 is 0 Å². The van der Waals surface area contributed by atoms with Gasteiger partial charge in [-0.05, 0) is 54.8 Å². The molecule has 0 fully saturated rings. The summed E-state index contributed by atoms with van der Waals surface area (Å²) in [4.78, 5) is 20.7. The number of pyridine rings is 2. The van der Waals surface area contributed by atoms with Gasteiger partial charge in [0.2, 0.25) is 0 Å². The zero-order chi connectivity index (χ0) is 20.9. The Morgan fingerprint density at radius 3 is 2.34 bits per heavy atom. The number of hydrogen-bond donors (Lipinski definition) is 0. The molecule has 0 saturated heterocycles. The summed E-state index contributed by atoms with van der Waals surface area (Å²) in [7, 11) is 1.38. The maximum Gasteiger partial charge on any atom is 0.337 e. The summed E-state index contributed by atoms with van der Waals surface area (Å²) in [6.45, 7) is 6.91. The molecule has 1 unspecified atom stereocenters. The van der Waals surface area contributed by atoms with E-state index in [0.717, 1.165) is 17.0 Å². The van der Waals surface area contributed by atoms with Gasteiger partial charge in [0.15, 0.2) is 0 Å². The lowest BCUT2D eigenvalue weighted by Gasteiger charge is -2.34. The number of rotatable bonds is 7. The maximum atomic E-state index is 11.7. The maximum absolute atomic E-state index is 11.7. The van der Waals surface area contributed by atoms with Crippen LogP contribution in [0.2, 0.25) is 0 Å². The lowest BCUT2D eigenvalue weighted by molar-refractivity contribution is 0.0600. The third-order valence-electron chi connectivity index (χ3n) is 5.44. The van der Waals surface area contributed by atoms with Crippen LogP contribution in [0.1, 0.15) is 48.1 Å². The van der Waals surface area contributed by atoms with Gasteiger partial charge in [0.05, 0.1) is 30.3 Å². The molecule has 1 atom stereocenters. The Hall–Kier alpha value is -3.21. The van der Waals surface area contributed by atoms with Crippen molar-refractivity contribution >= 4 is 5.97 Å². The van der Waals surface area contributed by atoms with Crippen LogP contribution in [0.25, 0.3) is 0 Å². The number of carbonyl (C=O) groups is 1. The fraction of sp³-hybridized carbons (Fsp3) is 0.292. The molecule has 0 aliphatic rings. The van der Waals surface area contributed by atoms with Crippen LogP contribution >= 0.6 is 0 Å². The molecule has 5 heteroatoms. The lowest BCUT2D eigenvalue weighted by Crippen LogP contribution is -2.31. The van der Waals surface area contributed by atoms with Crippen molar-refractivity contribution < 1.29 is 14.3 Å². The Kier molecular flexibility index (Phi) is 6.27. The molecular weight excluding hydrogens is 364 g/mol. The van der Waals surface area contributed by atoms with Gasteiger partial charge in [-0.2, -0.15) is 0 Å². The van der Waals surface area contributed by atoms with Crippen molar-refractivity contribution in [1.29, 1.82) is 0 Å². The van der Waals surface area contributed by atoms with Crippen LogP contribution in [0, 0.1) is 5.92 Å². The molecule has 0 aliphatic heterocycles. The molecular formula is C24H26N2O3. The summed E-state index contributed by atoms with van der Waals surface area (Å²) in [5.41, 5.74) is 3.13. The number of esters is 1. The normalized spacial score (nSPS) is 13.0. The van der Waals surface area contributed by atoms with Crippen molar-refractivity contribution in [2.24, 2.45) is 5.92 Å². The molecule has 1 aromatic carbocycles. The van der Waals surface area contributed by atoms with Crippen molar-refractivity contribution in [2.45, 2.75) is 32.8 Å². The molecule has 0 amide bonds. The first-order valence-corrected chi connectivity index (χ1v) is 9.63. The summed E-state index contributed by atoms with van der Waals surface area (Å²) in [6.07, 6.45) is 3.50. The van der Waals surface area contributed by atoms with Crippen LogP contribution in [0.3, 0.4) is 0 Å². The van der Waals surface area contributed by atoms with Crippen LogP contribution in [0.5, 0.6) is 5.75 Å². The van der Waals surface area contributed by atoms with E-state index in [2.05, 4.69) is 25.8 Å². The summed E-state index contributed by atoms with van der Waals surface area (Å²) in [5, 5.41) is 0. The highest BCUT2D eigenvalue weighted by atomic mass is 16.5. The van der Waals surface area contributed by atoms with Gasteiger partial charge < -0.3 is 9.47 Å². The first-order chi connectivity index (χ1) is 13.9. The molecule has 150 valence electrons. The molecule has 3 aromatic rings. The van der Waals surface area contributed by atoms with Crippen molar-refractivity contribution in [1.82, 2.24) is 9.97 Å². The van der Waals surface area contributed by atoms with Crippen molar-refractivity contribution in [2.75, 3.05) is 7.11 Å².